The number of halogens is 1. The van der Waals surface area contributed by atoms with E-state index in [1.807, 2.05) is 23.1 Å². The standard InChI is InChI=1S/C19H27ClN2O2/c1-13(2)17-11-24-18(23)22(17)16-6-8-19(12-21,9-7-16)14-4-3-5-15(20)10-14/h3-5,10,13,16-17H,6-9,11-12,21H2,1-2H3. The van der Waals surface area contributed by atoms with E-state index in [1.54, 1.807) is 0 Å². The minimum absolute atomic E-state index is 0.0294. The number of ether oxygens (including phenoxy) is 1. The summed E-state index contributed by atoms with van der Waals surface area (Å²) in [4.78, 5) is 14.2. The van der Waals surface area contributed by atoms with E-state index in [-0.39, 0.29) is 23.6 Å². The van der Waals surface area contributed by atoms with Crippen LogP contribution in [-0.4, -0.2) is 36.2 Å². The zero-order valence-electron chi connectivity index (χ0n) is 14.5. The molecule has 2 aliphatic rings. The predicted molar refractivity (Wildman–Crippen MR) is 96.3 cm³/mol. The minimum Gasteiger partial charge on any atom is -0.447 e. The summed E-state index contributed by atoms with van der Waals surface area (Å²) in [5.74, 6) is 0.408. The van der Waals surface area contributed by atoms with E-state index in [1.165, 1.54) is 5.56 Å². The van der Waals surface area contributed by atoms with Gasteiger partial charge in [-0.1, -0.05) is 37.6 Å². The second-order valence-electron chi connectivity index (χ2n) is 7.52. The van der Waals surface area contributed by atoms with Crippen LogP contribution in [0.25, 0.3) is 0 Å². The molecule has 1 aromatic carbocycles. The van der Waals surface area contributed by atoms with Crippen LogP contribution >= 0.6 is 11.6 Å². The van der Waals surface area contributed by atoms with Gasteiger partial charge < -0.3 is 10.5 Å². The quantitative estimate of drug-likeness (QED) is 0.894. The number of benzene rings is 1. The zero-order chi connectivity index (χ0) is 17.3. The first-order valence-corrected chi connectivity index (χ1v) is 9.26. The molecule has 4 nitrogen and oxygen atoms in total. The van der Waals surface area contributed by atoms with E-state index in [0.29, 0.717) is 19.1 Å². The zero-order valence-corrected chi connectivity index (χ0v) is 15.3. The van der Waals surface area contributed by atoms with Crippen molar-refractivity contribution < 1.29 is 9.53 Å². The van der Waals surface area contributed by atoms with Gasteiger partial charge >= 0.3 is 6.09 Å². The third-order valence-corrected chi connectivity index (χ3v) is 6.08. The van der Waals surface area contributed by atoms with Crippen LogP contribution in [0.1, 0.15) is 45.1 Å². The van der Waals surface area contributed by atoms with Gasteiger partial charge in [-0.15, -0.1) is 0 Å². The molecule has 2 fully saturated rings. The highest BCUT2D eigenvalue weighted by atomic mass is 35.5. The van der Waals surface area contributed by atoms with Gasteiger partial charge in [-0.25, -0.2) is 4.79 Å². The smallest absolute Gasteiger partial charge is 0.410 e. The number of amides is 1. The molecule has 1 aliphatic heterocycles. The third-order valence-electron chi connectivity index (χ3n) is 5.85. The summed E-state index contributed by atoms with van der Waals surface area (Å²) < 4.78 is 5.32. The summed E-state index contributed by atoms with van der Waals surface area (Å²) in [5, 5.41) is 0.755. The van der Waals surface area contributed by atoms with Crippen molar-refractivity contribution in [3.63, 3.8) is 0 Å². The van der Waals surface area contributed by atoms with Gasteiger partial charge in [0.15, 0.2) is 0 Å². The van der Waals surface area contributed by atoms with Gasteiger partial charge in [-0.2, -0.15) is 0 Å². The lowest BCUT2D eigenvalue weighted by Gasteiger charge is -2.43. The van der Waals surface area contributed by atoms with Crippen LogP contribution in [0.3, 0.4) is 0 Å². The number of hydrogen-bond donors (Lipinski definition) is 1. The van der Waals surface area contributed by atoms with Crippen molar-refractivity contribution in [2.75, 3.05) is 13.2 Å². The van der Waals surface area contributed by atoms with Crippen molar-refractivity contribution in [2.24, 2.45) is 11.7 Å². The first kappa shape index (κ1) is 17.6. The van der Waals surface area contributed by atoms with E-state index in [9.17, 15) is 4.79 Å². The SMILES string of the molecule is CC(C)C1COC(=O)N1C1CCC(CN)(c2cccc(Cl)c2)CC1. The summed E-state index contributed by atoms with van der Waals surface area (Å²) in [6.45, 7) is 5.43. The van der Waals surface area contributed by atoms with Crippen LogP contribution in [0.15, 0.2) is 24.3 Å². The number of rotatable bonds is 4. The van der Waals surface area contributed by atoms with Crippen molar-refractivity contribution in [1.29, 1.82) is 0 Å². The van der Waals surface area contributed by atoms with Crippen LogP contribution in [0.4, 0.5) is 4.79 Å². The molecule has 1 amide bonds. The van der Waals surface area contributed by atoms with E-state index in [4.69, 9.17) is 22.1 Å². The molecule has 1 aliphatic carbocycles. The molecule has 132 valence electrons. The summed E-state index contributed by atoms with van der Waals surface area (Å²) >= 11 is 6.18. The Hall–Kier alpha value is -1.26. The van der Waals surface area contributed by atoms with Crippen molar-refractivity contribution >= 4 is 17.7 Å². The Morgan fingerprint density at radius 2 is 2.08 bits per heavy atom. The van der Waals surface area contributed by atoms with Gasteiger partial charge in [0, 0.05) is 23.0 Å². The number of carbonyl (C=O) groups is 1. The largest absolute Gasteiger partial charge is 0.447 e. The highest BCUT2D eigenvalue weighted by Gasteiger charge is 2.44. The van der Waals surface area contributed by atoms with E-state index < -0.39 is 0 Å². The fraction of sp³-hybridized carbons (Fsp3) is 0.632. The van der Waals surface area contributed by atoms with Crippen LogP contribution in [0, 0.1) is 5.92 Å². The normalized spacial score (nSPS) is 30.7. The lowest BCUT2D eigenvalue weighted by atomic mass is 9.68. The Morgan fingerprint density at radius 1 is 1.38 bits per heavy atom. The summed E-state index contributed by atoms with van der Waals surface area (Å²) in [6.07, 6.45) is 3.72. The van der Waals surface area contributed by atoms with Crippen LogP contribution < -0.4 is 5.73 Å². The van der Waals surface area contributed by atoms with Gasteiger partial charge in [0.2, 0.25) is 0 Å². The topological polar surface area (TPSA) is 55.6 Å². The maximum absolute atomic E-state index is 12.2. The van der Waals surface area contributed by atoms with Gasteiger partial charge in [0.05, 0.1) is 6.04 Å². The van der Waals surface area contributed by atoms with E-state index in [0.717, 1.165) is 30.7 Å². The Balaban J connectivity index is 1.75. The molecule has 1 atom stereocenters. The van der Waals surface area contributed by atoms with E-state index >= 15 is 0 Å². The molecule has 1 unspecified atom stereocenters. The highest BCUT2D eigenvalue weighted by molar-refractivity contribution is 6.30. The molecular weight excluding hydrogens is 324 g/mol. The van der Waals surface area contributed by atoms with Crippen molar-refractivity contribution in [3.8, 4) is 0 Å². The maximum Gasteiger partial charge on any atom is 0.410 e. The summed E-state index contributed by atoms with van der Waals surface area (Å²) in [5.41, 5.74) is 7.37. The number of nitrogens with two attached hydrogens (primary N) is 1. The Bertz CT molecular complexity index is 597. The molecule has 1 heterocycles. The summed E-state index contributed by atoms with van der Waals surface area (Å²) in [6, 6.07) is 8.50. The lowest BCUT2D eigenvalue weighted by Crippen LogP contribution is -2.49. The molecule has 0 radical (unpaired) electrons. The molecule has 0 aromatic heterocycles. The number of nitrogens with zero attached hydrogens (tertiary/aromatic N) is 1. The van der Waals surface area contributed by atoms with Crippen LogP contribution in [-0.2, 0) is 10.2 Å². The van der Waals surface area contributed by atoms with Crippen molar-refractivity contribution in [1.82, 2.24) is 4.90 Å². The van der Waals surface area contributed by atoms with Crippen molar-refractivity contribution in [3.05, 3.63) is 34.9 Å². The highest BCUT2D eigenvalue weighted by Crippen LogP contribution is 2.42. The molecule has 2 N–H and O–H groups in total. The fourth-order valence-electron chi connectivity index (χ4n) is 4.24. The molecule has 0 spiro atoms. The first-order valence-electron chi connectivity index (χ1n) is 8.88. The fourth-order valence-corrected chi connectivity index (χ4v) is 4.43. The maximum atomic E-state index is 12.2. The summed E-state index contributed by atoms with van der Waals surface area (Å²) in [7, 11) is 0. The number of cyclic esters (lactones) is 1. The average Bonchev–Trinajstić information content (AvgIpc) is 2.97. The molecule has 24 heavy (non-hydrogen) atoms. The number of hydrogen-bond acceptors (Lipinski definition) is 3. The van der Waals surface area contributed by atoms with Gasteiger partial charge in [0.25, 0.3) is 0 Å². The molecule has 1 saturated carbocycles. The van der Waals surface area contributed by atoms with E-state index in [2.05, 4.69) is 19.9 Å². The van der Waals surface area contributed by atoms with Crippen LogP contribution in [0.5, 0.6) is 0 Å². The number of carbonyl (C=O) groups excluding carboxylic acids is 1. The Labute approximate surface area is 149 Å². The Kier molecular flexibility index (Phi) is 5.07. The second-order valence-corrected chi connectivity index (χ2v) is 7.96. The van der Waals surface area contributed by atoms with Gasteiger partial charge in [0.1, 0.15) is 6.61 Å². The predicted octanol–water partition coefficient (Wildman–Crippen LogP) is 3.96. The molecule has 0 bridgehead atoms. The molecule has 1 aromatic rings. The third kappa shape index (κ3) is 3.14. The molecular formula is C19H27ClN2O2. The first-order chi connectivity index (χ1) is 11.5. The van der Waals surface area contributed by atoms with Crippen LogP contribution in [0.2, 0.25) is 5.02 Å². The molecule has 5 heteroatoms. The minimum atomic E-state index is -0.151. The average molecular weight is 351 g/mol. The van der Waals surface area contributed by atoms with Crippen molar-refractivity contribution in [2.45, 2.75) is 57.0 Å². The monoisotopic (exact) mass is 350 g/mol. The Morgan fingerprint density at radius 3 is 2.67 bits per heavy atom. The molecule has 1 saturated heterocycles. The lowest BCUT2D eigenvalue weighted by molar-refractivity contribution is 0.108. The van der Waals surface area contributed by atoms with Gasteiger partial charge in [-0.3, -0.25) is 4.90 Å². The van der Waals surface area contributed by atoms with Gasteiger partial charge in [-0.05, 0) is 49.3 Å². The molecule has 3 rings (SSSR count). The second kappa shape index (κ2) is 6.93.